The van der Waals surface area contributed by atoms with E-state index in [1.165, 1.54) is 11.3 Å². The fraction of sp³-hybridized carbons (Fsp3) is 0.105. The van der Waals surface area contributed by atoms with Crippen molar-refractivity contribution in [3.8, 4) is 11.5 Å². The predicted octanol–water partition coefficient (Wildman–Crippen LogP) is 4.81. The van der Waals surface area contributed by atoms with E-state index in [0.717, 1.165) is 10.1 Å². The summed E-state index contributed by atoms with van der Waals surface area (Å²) >= 11 is 1.47. The summed E-state index contributed by atoms with van der Waals surface area (Å²) in [6, 6.07) is 15.2. The Kier molecular flexibility index (Phi) is 4.17. The number of allylic oxidation sites excluding steroid dienone is 1. The fourth-order valence-corrected chi connectivity index (χ4v) is 3.44. The van der Waals surface area contributed by atoms with E-state index >= 15 is 0 Å². The molecule has 3 aromatic rings. The Balaban J connectivity index is 2.00. The highest BCUT2D eigenvalue weighted by Gasteiger charge is 2.19. The van der Waals surface area contributed by atoms with Gasteiger partial charge in [-0.3, -0.25) is 4.79 Å². The second-order valence-corrected chi connectivity index (χ2v) is 6.11. The molecule has 0 aliphatic rings. The normalized spacial score (nSPS) is 10.5. The van der Waals surface area contributed by atoms with E-state index in [-0.39, 0.29) is 5.78 Å². The number of hydrogen-bond donors (Lipinski definition) is 0. The van der Waals surface area contributed by atoms with Gasteiger partial charge in [0.1, 0.15) is 11.5 Å². The van der Waals surface area contributed by atoms with Gasteiger partial charge in [-0.2, -0.15) is 0 Å². The molecule has 23 heavy (non-hydrogen) atoms. The minimum atomic E-state index is -0.0993. The van der Waals surface area contributed by atoms with Crippen LogP contribution in [0.1, 0.15) is 15.2 Å². The first-order chi connectivity index (χ1) is 11.1. The van der Waals surface area contributed by atoms with E-state index in [4.69, 9.17) is 9.47 Å². The van der Waals surface area contributed by atoms with Crippen molar-refractivity contribution in [2.75, 3.05) is 14.2 Å². The van der Waals surface area contributed by atoms with E-state index in [1.54, 1.807) is 32.4 Å². The third-order valence-electron chi connectivity index (χ3n) is 3.66. The number of carbonyl (C=O) groups is 1. The zero-order chi connectivity index (χ0) is 16.4. The van der Waals surface area contributed by atoms with Gasteiger partial charge in [0.2, 0.25) is 5.78 Å². The van der Waals surface area contributed by atoms with Gasteiger partial charge in [-0.05, 0) is 35.7 Å². The second-order valence-electron chi connectivity index (χ2n) is 5.02. The number of fused-ring (bicyclic) bond motifs is 1. The average Bonchev–Trinajstić information content (AvgIpc) is 3.03. The first-order valence-corrected chi connectivity index (χ1v) is 7.90. The van der Waals surface area contributed by atoms with E-state index < -0.39 is 0 Å². The van der Waals surface area contributed by atoms with E-state index in [9.17, 15) is 4.79 Å². The van der Waals surface area contributed by atoms with Crippen molar-refractivity contribution in [3.05, 3.63) is 65.6 Å². The largest absolute Gasteiger partial charge is 0.497 e. The third-order valence-corrected chi connectivity index (χ3v) is 4.77. The summed E-state index contributed by atoms with van der Waals surface area (Å²) in [5.74, 6) is 1.16. The molecule has 0 N–H and O–H groups in total. The molecule has 4 heteroatoms. The molecule has 0 amide bonds. The number of carbonyl (C=O) groups excluding carboxylic acids is 1. The zero-order valence-corrected chi connectivity index (χ0v) is 13.8. The lowest BCUT2D eigenvalue weighted by Gasteiger charge is -2.11. The van der Waals surface area contributed by atoms with Crippen LogP contribution in [0.2, 0.25) is 0 Å². The lowest BCUT2D eigenvalue weighted by atomic mass is 10.0. The predicted molar refractivity (Wildman–Crippen MR) is 94.7 cm³/mol. The quantitative estimate of drug-likeness (QED) is 0.499. The van der Waals surface area contributed by atoms with Gasteiger partial charge in [-0.15, -0.1) is 11.3 Å². The maximum Gasteiger partial charge on any atom is 0.203 e. The molecule has 0 radical (unpaired) electrons. The van der Waals surface area contributed by atoms with Crippen LogP contribution in [0.15, 0.2) is 55.1 Å². The summed E-state index contributed by atoms with van der Waals surface area (Å²) in [6.45, 7) is 3.98. The standard InChI is InChI=1S/C19H16O3S/c1-12(15-11-14(21-2)8-9-16(15)22-3)19(20)18-10-13-6-4-5-7-17(13)23-18/h4-11H,1H2,2-3H3. The van der Waals surface area contributed by atoms with Crippen LogP contribution < -0.4 is 9.47 Å². The molecule has 0 fully saturated rings. The molecule has 0 bridgehead atoms. The number of thiophene rings is 1. The minimum Gasteiger partial charge on any atom is -0.497 e. The van der Waals surface area contributed by atoms with E-state index in [0.29, 0.717) is 27.5 Å². The van der Waals surface area contributed by atoms with Crippen LogP contribution in [-0.2, 0) is 0 Å². The van der Waals surface area contributed by atoms with Gasteiger partial charge in [0.15, 0.2) is 0 Å². The van der Waals surface area contributed by atoms with Crippen molar-refractivity contribution < 1.29 is 14.3 Å². The van der Waals surface area contributed by atoms with Crippen LogP contribution in [-0.4, -0.2) is 20.0 Å². The van der Waals surface area contributed by atoms with Crippen molar-refractivity contribution in [1.82, 2.24) is 0 Å². The first kappa shape index (κ1) is 15.3. The summed E-state index contributed by atoms with van der Waals surface area (Å²) in [6.07, 6.45) is 0. The van der Waals surface area contributed by atoms with Crippen molar-refractivity contribution in [1.29, 1.82) is 0 Å². The van der Waals surface area contributed by atoms with Crippen molar-refractivity contribution in [2.24, 2.45) is 0 Å². The lowest BCUT2D eigenvalue weighted by Crippen LogP contribution is -2.02. The molecule has 3 rings (SSSR count). The van der Waals surface area contributed by atoms with E-state index in [1.807, 2.05) is 30.3 Å². The Morgan fingerprint density at radius 3 is 2.52 bits per heavy atom. The second kappa shape index (κ2) is 6.26. The topological polar surface area (TPSA) is 35.5 Å². The van der Waals surface area contributed by atoms with Crippen LogP contribution in [0.3, 0.4) is 0 Å². The highest BCUT2D eigenvalue weighted by atomic mass is 32.1. The Labute approximate surface area is 138 Å². The molecule has 116 valence electrons. The Morgan fingerprint density at radius 1 is 1.04 bits per heavy atom. The summed E-state index contributed by atoms with van der Waals surface area (Å²) in [5, 5.41) is 1.06. The molecule has 0 atom stereocenters. The van der Waals surface area contributed by atoms with Gasteiger partial charge >= 0.3 is 0 Å². The van der Waals surface area contributed by atoms with Crippen molar-refractivity contribution in [3.63, 3.8) is 0 Å². The summed E-state index contributed by atoms with van der Waals surface area (Å²) in [5.41, 5.74) is 1.04. The molecular weight excluding hydrogens is 308 g/mol. The Hall–Kier alpha value is -2.59. The van der Waals surface area contributed by atoms with Gasteiger partial charge in [-0.25, -0.2) is 0 Å². The zero-order valence-electron chi connectivity index (χ0n) is 13.0. The minimum absolute atomic E-state index is 0.0993. The van der Waals surface area contributed by atoms with Crippen molar-refractivity contribution in [2.45, 2.75) is 0 Å². The molecule has 0 saturated carbocycles. The molecule has 0 aliphatic carbocycles. The van der Waals surface area contributed by atoms with Gasteiger partial charge in [0, 0.05) is 15.8 Å². The third kappa shape index (κ3) is 2.85. The number of hydrogen-bond acceptors (Lipinski definition) is 4. The van der Waals surface area contributed by atoms with Crippen molar-refractivity contribution >= 4 is 32.8 Å². The van der Waals surface area contributed by atoms with Gasteiger partial charge in [0.25, 0.3) is 0 Å². The van der Waals surface area contributed by atoms with Gasteiger partial charge in [-0.1, -0.05) is 24.8 Å². The van der Waals surface area contributed by atoms with Crippen LogP contribution in [0.4, 0.5) is 0 Å². The van der Waals surface area contributed by atoms with Gasteiger partial charge in [0.05, 0.1) is 19.1 Å². The summed E-state index contributed by atoms with van der Waals surface area (Å²) in [4.78, 5) is 13.5. The molecule has 0 saturated heterocycles. The Morgan fingerprint density at radius 2 is 1.83 bits per heavy atom. The monoisotopic (exact) mass is 324 g/mol. The lowest BCUT2D eigenvalue weighted by molar-refractivity contribution is 0.106. The summed E-state index contributed by atoms with van der Waals surface area (Å²) in [7, 11) is 3.16. The molecular formula is C19H16O3S. The number of benzene rings is 2. The SMILES string of the molecule is C=C(C(=O)c1cc2ccccc2s1)c1cc(OC)ccc1OC. The highest BCUT2D eigenvalue weighted by molar-refractivity contribution is 7.21. The molecule has 1 heterocycles. The molecule has 0 aliphatic heterocycles. The first-order valence-electron chi connectivity index (χ1n) is 7.08. The average molecular weight is 324 g/mol. The van der Waals surface area contributed by atoms with Crippen LogP contribution in [0, 0.1) is 0 Å². The highest BCUT2D eigenvalue weighted by Crippen LogP contribution is 2.34. The molecule has 2 aromatic carbocycles. The van der Waals surface area contributed by atoms with E-state index in [2.05, 4.69) is 6.58 Å². The van der Waals surface area contributed by atoms with Crippen LogP contribution >= 0.6 is 11.3 Å². The van der Waals surface area contributed by atoms with Gasteiger partial charge < -0.3 is 9.47 Å². The molecule has 1 aromatic heterocycles. The summed E-state index contributed by atoms with van der Waals surface area (Å²) < 4.78 is 11.7. The molecule has 0 unspecified atom stereocenters. The fourth-order valence-electron chi connectivity index (χ4n) is 2.41. The number of methoxy groups -OCH3 is 2. The molecule has 0 spiro atoms. The number of rotatable bonds is 5. The number of ether oxygens (including phenoxy) is 2. The number of Topliss-reactive ketones (excluding diaryl/α,β-unsaturated/α-hetero) is 1. The van der Waals surface area contributed by atoms with Crippen LogP contribution in [0.5, 0.6) is 11.5 Å². The number of ketones is 1. The maximum atomic E-state index is 12.8. The molecule has 3 nitrogen and oxygen atoms in total. The van der Waals surface area contributed by atoms with Crippen LogP contribution in [0.25, 0.3) is 15.7 Å². The Bertz CT molecular complexity index is 860. The maximum absolute atomic E-state index is 12.8. The smallest absolute Gasteiger partial charge is 0.203 e.